The Morgan fingerprint density at radius 1 is 1.50 bits per heavy atom. The van der Waals surface area contributed by atoms with Crippen LogP contribution in [-0.4, -0.2) is 30.4 Å². The number of hydrogen-bond acceptors (Lipinski definition) is 3. The number of primary amides is 1. The summed E-state index contributed by atoms with van der Waals surface area (Å²) in [6.45, 7) is 0.0992. The second-order valence-corrected chi connectivity index (χ2v) is 4.42. The van der Waals surface area contributed by atoms with E-state index in [2.05, 4.69) is 5.32 Å². The molecule has 0 radical (unpaired) electrons. The van der Waals surface area contributed by atoms with Crippen LogP contribution in [0.2, 0.25) is 10.0 Å². The number of urea groups is 1. The second-order valence-electron chi connectivity index (χ2n) is 3.58. The van der Waals surface area contributed by atoms with Gasteiger partial charge < -0.3 is 20.9 Å². The Balaban J connectivity index is 2.56. The molecule has 1 unspecified atom stereocenters. The fourth-order valence-electron chi connectivity index (χ4n) is 1.29. The summed E-state index contributed by atoms with van der Waals surface area (Å²) in [5.74, 6) is 0.391. The highest BCUT2D eigenvalue weighted by Gasteiger charge is 2.12. The molecule has 0 aliphatic carbocycles. The molecule has 0 fully saturated rings. The van der Waals surface area contributed by atoms with E-state index in [0.717, 1.165) is 0 Å². The summed E-state index contributed by atoms with van der Waals surface area (Å²) >= 11 is 11.7. The zero-order chi connectivity index (χ0) is 13.5. The lowest BCUT2D eigenvalue weighted by molar-refractivity contribution is 0.109. The summed E-state index contributed by atoms with van der Waals surface area (Å²) in [5, 5.41) is 12.5. The van der Waals surface area contributed by atoms with Crippen molar-refractivity contribution in [2.75, 3.05) is 13.2 Å². The van der Waals surface area contributed by atoms with Gasteiger partial charge in [0.05, 0.1) is 11.6 Å². The monoisotopic (exact) mass is 292 g/mol. The first-order valence-corrected chi connectivity index (χ1v) is 6.04. The molecule has 2 amide bonds. The SMILES string of the molecule is NC(=O)NCCC(CO)Oc1cc(Cl)ccc1Cl. The van der Waals surface area contributed by atoms with Gasteiger partial charge in [0.2, 0.25) is 0 Å². The van der Waals surface area contributed by atoms with Crippen molar-refractivity contribution in [1.29, 1.82) is 0 Å². The number of hydrogen-bond donors (Lipinski definition) is 3. The second kappa shape index (κ2) is 7.31. The van der Waals surface area contributed by atoms with Crippen molar-refractivity contribution in [3.05, 3.63) is 28.2 Å². The number of amides is 2. The summed E-state index contributed by atoms with van der Waals surface area (Å²) in [7, 11) is 0. The van der Waals surface area contributed by atoms with Crippen molar-refractivity contribution in [3.63, 3.8) is 0 Å². The molecule has 0 aliphatic rings. The Kier molecular flexibility index (Phi) is 6.04. The summed E-state index contributed by atoms with van der Waals surface area (Å²) < 4.78 is 5.50. The molecule has 0 aromatic heterocycles. The summed E-state index contributed by atoms with van der Waals surface area (Å²) in [4.78, 5) is 10.5. The van der Waals surface area contributed by atoms with Gasteiger partial charge in [-0.05, 0) is 12.1 Å². The van der Waals surface area contributed by atoms with Gasteiger partial charge in [-0.25, -0.2) is 4.79 Å². The van der Waals surface area contributed by atoms with Crippen molar-refractivity contribution in [2.24, 2.45) is 5.73 Å². The number of nitrogens with two attached hydrogens (primary N) is 1. The van der Waals surface area contributed by atoms with E-state index in [1.54, 1.807) is 18.2 Å². The van der Waals surface area contributed by atoms with Crippen LogP contribution in [0.1, 0.15) is 6.42 Å². The van der Waals surface area contributed by atoms with Crippen LogP contribution in [-0.2, 0) is 0 Å². The molecule has 5 nitrogen and oxygen atoms in total. The van der Waals surface area contributed by atoms with E-state index >= 15 is 0 Å². The third kappa shape index (κ3) is 5.00. The van der Waals surface area contributed by atoms with Crippen LogP contribution in [0.25, 0.3) is 0 Å². The normalized spacial score (nSPS) is 11.9. The lowest BCUT2D eigenvalue weighted by atomic mass is 10.2. The zero-order valence-electron chi connectivity index (χ0n) is 9.53. The summed E-state index contributed by atoms with van der Waals surface area (Å²) in [5.41, 5.74) is 4.92. The molecule has 1 aromatic carbocycles. The van der Waals surface area contributed by atoms with E-state index in [1.807, 2.05) is 0 Å². The molecule has 100 valence electrons. The fourth-order valence-corrected chi connectivity index (χ4v) is 1.62. The third-order valence-electron chi connectivity index (χ3n) is 2.16. The lowest BCUT2D eigenvalue weighted by Gasteiger charge is -2.18. The molecular weight excluding hydrogens is 279 g/mol. The van der Waals surface area contributed by atoms with Crippen molar-refractivity contribution >= 4 is 29.2 Å². The molecule has 0 aliphatic heterocycles. The van der Waals surface area contributed by atoms with Crippen LogP contribution >= 0.6 is 23.2 Å². The highest BCUT2D eigenvalue weighted by Crippen LogP contribution is 2.28. The van der Waals surface area contributed by atoms with Crippen LogP contribution in [0.4, 0.5) is 4.79 Å². The van der Waals surface area contributed by atoms with Crippen molar-refractivity contribution < 1.29 is 14.6 Å². The van der Waals surface area contributed by atoms with Crippen LogP contribution in [0, 0.1) is 0 Å². The van der Waals surface area contributed by atoms with E-state index in [1.165, 1.54) is 0 Å². The van der Waals surface area contributed by atoms with Gasteiger partial charge >= 0.3 is 6.03 Å². The first kappa shape index (κ1) is 14.9. The van der Waals surface area contributed by atoms with E-state index in [9.17, 15) is 4.79 Å². The number of benzene rings is 1. The van der Waals surface area contributed by atoms with Gasteiger partial charge in [0, 0.05) is 24.1 Å². The first-order chi connectivity index (χ1) is 8.52. The molecule has 0 heterocycles. The van der Waals surface area contributed by atoms with Crippen LogP contribution in [0.5, 0.6) is 5.75 Å². The molecule has 1 rings (SSSR count). The van der Waals surface area contributed by atoms with Crippen LogP contribution < -0.4 is 15.8 Å². The van der Waals surface area contributed by atoms with Gasteiger partial charge in [0.1, 0.15) is 11.9 Å². The Hall–Kier alpha value is -1.17. The average Bonchev–Trinajstić information content (AvgIpc) is 2.32. The number of carbonyl (C=O) groups is 1. The lowest BCUT2D eigenvalue weighted by Crippen LogP contribution is -2.34. The number of ether oxygens (including phenoxy) is 1. The molecule has 4 N–H and O–H groups in total. The smallest absolute Gasteiger partial charge is 0.312 e. The quantitative estimate of drug-likeness (QED) is 0.747. The van der Waals surface area contributed by atoms with Crippen LogP contribution in [0.3, 0.4) is 0 Å². The first-order valence-electron chi connectivity index (χ1n) is 5.28. The number of rotatable bonds is 6. The predicted molar refractivity (Wildman–Crippen MR) is 70.2 cm³/mol. The van der Waals surface area contributed by atoms with Crippen molar-refractivity contribution in [1.82, 2.24) is 5.32 Å². The van der Waals surface area contributed by atoms with E-state index in [0.29, 0.717) is 28.8 Å². The Morgan fingerprint density at radius 3 is 2.83 bits per heavy atom. The molecule has 18 heavy (non-hydrogen) atoms. The maximum Gasteiger partial charge on any atom is 0.312 e. The van der Waals surface area contributed by atoms with Gasteiger partial charge in [-0.3, -0.25) is 0 Å². The van der Waals surface area contributed by atoms with Crippen molar-refractivity contribution in [2.45, 2.75) is 12.5 Å². The van der Waals surface area contributed by atoms with Gasteiger partial charge in [0.15, 0.2) is 0 Å². The largest absolute Gasteiger partial charge is 0.486 e. The number of halogens is 2. The third-order valence-corrected chi connectivity index (χ3v) is 2.70. The van der Waals surface area contributed by atoms with Gasteiger partial charge in [-0.1, -0.05) is 23.2 Å². The van der Waals surface area contributed by atoms with Crippen LogP contribution in [0.15, 0.2) is 18.2 Å². The average molecular weight is 293 g/mol. The molecular formula is C11H14Cl2N2O3. The number of aliphatic hydroxyl groups is 1. The molecule has 0 saturated carbocycles. The maximum absolute atomic E-state index is 10.5. The Labute approximate surface area is 115 Å². The number of aliphatic hydroxyl groups excluding tert-OH is 1. The van der Waals surface area contributed by atoms with E-state index in [-0.39, 0.29) is 6.61 Å². The molecule has 1 atom stereocenters. The van der Waals surface area contributed by atoms with E-state index in [4.69, 9.17) is 38.8 Å². The minimum absolute atomic E-state index is 0.205. The molecule has 7 heteroatoms. The van der Waals surface area contributed by atoms with Gasteiger partial charge in [0.25, 0.3) is 0 Å². The molecule has 0 bridgehead atoms. The van der Waals surface area contributed by atoms with E-state index < -0.39 is 12.1 Å². The minimum atomic E-state index is -0.618. The van der Waals surface area contributed by atoms with Gasteiger partial charge in [-0.15, -0.1) is 0 Å². The molecule has 0 saturated heterocycles. The topological polar surface area (TPSA) is 84.6 Å². The van der Waals surface area contributed by atoms with Gasteiger partial charge in [-0.2, -0.15) is 0 Å². The summed E-state index contributed by atoms with van der Waals surface area (Å²) in [6.07, 6.45) is -0.0877. The minimum Gasteiger partial charge on any atom is -0.486 e. The number of carbonyl (C=O) groups excluding carboxylic acids is 1. The Bertz CT molecular complexity index is 415. The Morgan fingerprint density at radius 2 is 2.22 bits per heavy atom. The highest BCUT2D eigenvalue weighted by atomic mass is 35.5. The summed E-state index contributed by atoms with van der Waals surface area (Å²) in [6, 6.07) is 4.19. The fraction of sp³-hybridized carbons (Fsp3) is 0.364. The standard InChI is InChI=1S/C11H14Cl2N2O3/c12-7-1-2-9(13)10(5-7)18-8(6-16)3-4-15-11(14)17/h1-2,5,8,16H,3-4,6H2,(H3,14,15,17). The highest BCUT2D eigenvalue weighted by molar-refractivity contribution is 6.34. The maximum atomic E-state index is 10.5. The molecule has 0 spiro atoms. The van der Waals surface area contributed by atoms with Crippen molar-refractivity contribution in [3.8, 4) is 5.75 Å². The molecule has 1 aromatic rings. The zero-order valence-corrected chi connectivity index (χ0v) is 11.0. The number of nitrogens with one attached hydrogen (secondary N) is 1. The predicted octanol–water partition coefficient (Wildman–Crippen LogP) is 1.79.